The second-order valence-corrected chi connectivity index (χ2v) is 4.48. The van der Waals surface area contributed by atoms with E-state index in [1.54, 1.807) is 12.3 Å². The molecule has 1 unspecified atom stereocenters. The molecule has 1 atom stereocenters. The number of nitrogens with zero attached hydrogens (tertiary/aromatic N) is 2. The van der Waals surface area contributed by atoms with Crippen molar-refractivity contribution in [3.63, 3.8) is 0 Å². The fourth-order valence-electron chi connectivity index (χ4n) is 1.16. The van der Waals surface area contributed by atoms with Gasteiger partial charge in [0, 0.05) is 12.4 Å². The van der Waals surface area contributed by atoms with Crippen molar-refractivity contribution < 1.29 is 4.39 Å². The molecule has 74 valence electrons. The number of alkyl halides is 1. The van der Waals surface area contributed by atoms with Gasteiger partial charge in [-0.05, 0) is 17.5 Å². The van der Waals surface area contributed by atoms with Gasteiger partial charge in [0.2, 0.25) is 0 Å². The zero-order valence-electron chi connectivity index (χ0n) is 7.23. The molecule has 1 aliphatic heterocycles. The van der Waals surface area contributed by atoms with E-state index in [9.17, 15) is 4.39 Å². The van der Waals surface area contributed by atoms with E-state index in [1.807, 2.05) is 16.5 Å². The van der Waals surface area contributed by atoms with E-state index in [0.29, 0.717) is 12.2 Å². The van der Waals surface area contributed by atoms with Gasteiger partial charge < -0.3 is 4.90 Å². The first kappa shape index (κ1) is 9.80. The Labute approximate surface area is 90.8 Å². The van der Waals surface area contributed by atoms with Crippen molar-refractivity contribution in [3.8, 4) is 0 Å². The normalized spacial score (nSPS) is 20.4. The lowest BCUT2D eigenvalue weighted by molar-refractivity contribution is 0.397. The number of rotatable bonds is 2. The Kier molecular flexibility index (Phi) is 2.93. The maximum Gasteiger partial charge on any atom is 0.155 e. The number of pyridine rings is 1. The zero-order chi connectivity index (χ0) is 9.97. The van der Waals surface area contributed by atoms with Gasteiger partial charge in [-0.15, -0.1) is 0 Å². The molecular formula is C9H8ClFN2S. The fourth-order valence-corrected chi connectivity index (χ4v) is 2.13. The molecular weight excluding hydrogens is 223 g/mol. The third kappa shape index (κ3) is 2.01. The summed E-state index contributed by atoms with van der Waals surface area (Å²) < 4.78 is 13.2. The molecule has 1 aliphatic rings. The van der Waals surface area contributed by atoms with Gasteiger partial charge in [-0.2, -0.15) is 0 Å². The number of hydrogen-bond donors (Lipinski definition) is 0. The molecule has 2 heterocycles. The highest BCUT2D eigenvalue weighted by Gasteiger charge is 2.18. The molecule has 5 heteroatoms. The summed E-state index contributed by atoms with van der Waals surface area (Å²) in [6.07, 6.45) is 3.42. The van der Waals surface area contributed by atoms with Crippen LogP contribution in [0.1, 0.15) is 5.69 Å². The van der Waals surface area contributed by atoms with Crippen LogP contribution in [0.5, 0.6) is 0 Å². The minimum atomic E-state index is -0.290. The number of thioether (sulfide) groups is 1. The van der Waals surface area contributed by atoms with Gasteiger partial charge in [-0.1, -0.05) is 23.4 Å². The summed E-state index contributed by atoms with van der Waals surface area (Å²) in [5.74, 6) is -0.290. The van der Waals surface area contributed by atoms with Crippen LogP contribution in [0, 0.1) is 5.82 Å². The highest BCUT2D eigenvalue weighted by Crippen LogP contribution is 2.29. The van der Waals surface area contributed by atoms with Crippen molar-refractivity contribution in [2.45, 2.75) is 11.4 Å². The van der Waals surface area contributed by atoms with Gasteiger partial charge in [0.05, 0.1) is 12.2 Å². The van der Waals surface area contributed by atoms with E-state index in [1.165, 1.54) is 17.8 Å². The van der Waals surface area contributed by atoms with Crippen LogP contribution in [0.15, 0.2) is 29.9 Å². The summed E-state index contributed by atoms with van der Waals surface area (Å²) in [6, 6.07) is 2.98. The SMILES string of the molecule is Fc1cccnc1CN1C=CSC1Cl. The topological polar surface area (TPSA) is 16.1 Å². The molecule has 0 saturated carbocycles. The highest BCUT2D eigenvalue weighted by molar-refractivity contribution is 8.04. The second-order valence-electron chi connectivity index (χ2n) is 2.82. The van der Waals surface area contributed by atoms with Gasteiger partial charge in [0.15, 0.2) is 4.83 Å². The molecule has 2 nitrogen and oxygen atoms in total. The third-order valence-electron chi connectivity index (χ3n) is 1.87. The molecule has 0 fully saturated rings. The molecule has 2 rings (SSSR count). The van der Waals surface area contributed by atoms with Crippen LogP contribution in [-0.2, 0) is 6.54 Å². The Hall–Kier alpha value is -0.740. The van der Waals surface area contributed by atoms with Crippen LogP contribution in [0.4, 0.5) is 4.39 Å². The predicted octanol–water partition coefficient (Wildman–Crippen LogP) is 2.76. The van der Waals surface area contributed by atoms with Crippen molar-refractivity contribution in [1.82, 2.24) is 9.88 Å². The molecule has 0 aromatic carbocycles. The smallest absolute Gasteiger partial charge is 0.155 e. The fraction of sp³-hybridized carbons (Fsp3) is 0.222. The summed E-state index contributed by atoms with van der Waals surface area (Å²) in [4.78, 5) is 5.63. The first-order valence-electron chi connectivity index (χ1n) is 4.09. The van der Waals surface area contributed by atoms with Crippen LogP contribution in [0.3, 0.4) is 0 Å². The molecule has 0 bridgehead atoms. The van der Waals surface area contributed by atoms with Crippen LogP contribution in [0.25, 0.3) is 0 Å². The largest absolute Gasteiger partial charge is 0.346 e. The highest BCUT2D eigenvalue weighted by atomic mass is 35.5. The first-order chi connectivity index (χ1) is 6.77. The molecule has 0 radical (unpaired) electrons. The third-order valence-corrected chi connectivity index (χ3v) is 3.20. The summed E-state index contributed by atoms with van der Waals surface area (Å²) >= 11 is 7.45. The van der Waals surface area contributed by atoms with Crippen LogP contribution < -0.4 is 0 Å². The van der Waals surface area contributed by atoms with E-state index in [2.05, 4.69) is 4.98 Å². The maximum atomic E-state index is 13.2. The monoisotopic (exact) mass is 230 g/mol. The van der Waals surface area contributed by atoms with Crippen molar-refractivity contribution >= 4 is 23.4 Å². The molecule has 0 saturated heterocycles. The lowest BCUT2D eigenvalue weighted by Crippen LogP contribution is -2.20. The molecule has 1 aromatic rings. The van der Waals surface area contributed by atoms with E-state index in [-0.39, 0.29) is 10.7 Å². The Balaban J connectivity index is 2.11. The predicted molar refractivity (Wildman–Crippen MR) is 56.1 cm³/mol. The Morgan fingerprint density at radius 3 is 3.14 bits per heavy atom. The Bertz CT molecular complexity index is 358. The van der Waals surface area contributed by atoms with E-state index >= 15 is 0 Å². The summed E-state index contributed by atoms with van der Waals surface area (Å²) in [5.41, 5.74) is 0.422. The van der Waals surface area contributed by atoms with Crippen LogP contribution in [-0.4, -0.2) is 14.7 Å². The average Bonchev–Trinajstić information content (AvgIpc) is 2.56. The zero-order valence-corrected chi connectivity index (χ0v) is 8.80. The second kappa shape index (κ2) is 4.19. The van der Waals surface area contributed by atoms with Crippen molar-refractivity contribution in [2.75, 3.05) is 0 Å². The van der Waals surface area contributed by atoms with Crippen LogP contribution >= 0.6 is 23.4 Å². The van der Waals surface area contributed by atoms with E-state index < -0.39 is 0 Å². The minimum Gasteiger partial charge on any atom is -0.346 e. The maximum absolute atomic E-state index is 13.2. The number of halogens is 2. The molecule has 0 spiro atoms. The molecule has 14 heavy (non-hydrogen) atoms. The molecule has 0 N–H and O–H groups in total. The summed E-state index contributed by atoms with van der Waals surface area (Å²) in [6.45, 7) is 0.407. The lowest BCUT2D eigenvalue weighted by atomic mass is 10.3. The Morgan fingerprint density at radius 1 is 1.64 bits per heavy atom. The molecule has 0 aliphatic carbocycles. The number of aromatic nitrogens is 1. The van der Waals surface area contributed by atoms with Crippen molar-refractivity contribution in [3.05, 3.63) is 41.4 Å². The van der Waals surface area contributed by atoms with E-state index in [4.69, 9.17) is 11.6 Å². The summed E-state index contributed by atoms with van der Waals surface area (Å²) in [7, 11) is 0. The van der Waals surface area contributed by atoms with E-state index in [0.717, 1.165) is 0 Å². The molecule has 1 aromatic heterocycles. The van der Waals surface area contributed by atoms with Gasteiger partial charge in [0.1, 0.15) is 5.82 Å². The summed E-state index contributed by atoms with van der Waals surface area (Å²) in [5, 5.41) is 1.89. The first-order valence-corrected chi connectivity index (χ1v) is 5.46. The van der Waals surface area contributed by atoms with Gasteiger partial charge >= 0.3 is 0 Å². The van der Waals surface area contributed by atoms with Gasteiger partial charge in [-0.25, -0.2) is 4.39 Å². The standard InChI is InChI=1S/C9H8ClFN2S/c10-9-13(4-5-14-9)6-8-7(11)2-1-3-12-8/h1-5,9H,6H2. The van der Waals surface area contributed by atoms with Gasteiger partial charge in [0.25, 0.3) is 0 Å². The Morgan fingerprint density at radius 2 is 2.50 bits per heavy atom. The molecule has 0 amide bonds. The van der Waals surface area contributed by atoms with Crippen LogP contribution in [0.2, 0.25) is 0 Å². The van der Waals surface area contributed by atoms with Crippen molar-refractivity contribution in [1.29, 1.82) is 0 Å². The number of hydrogen-bond acceptors (Lipinski definition) is 3. The average molecular weight is 231 g/mol. The van der Waals surface area contributed by atoms with Crippen molar-refractivity contribution in [2.24, 2.45) is 0 Å². The van der Waals surface area contributed by atoms with Gasteiger partial charge in [-0.3, -0.25) is 4.98 Å². The lowest BCUT2D eigenvalue weighted by Gasteiger charge is -2.18. The minimum absolute atomic E-state index is 0.156. The quantitative estimate of drug-likeness (QED) is 0.574.